The summed E-state index contributed by atoms with van der Waals surface area (Å²) in [7, 11) is 0. The summed E-state index contributed by atoms with van der Waals surface area (Å²) in [5, 5.41) is 13.2. The fraction of sp³-hybridized carbons (Fsp3) is 0.368. The monoisotopic (exact) mass is 281 g/mol. The molecule has 2 heteroatoms. The van der Waals surface area contributed by atoms with Gasteiger partial charge in [-0.15, -0.1) is 0 Å². The standard InChI is InChI=1S/C19H23NO/c21-14-19(11-15-7-3-1-4-8-15)20-18-12-17(13-18)16-9-5-2-6-10-16/h1-10,17-21H,11-14H2/t17?,18?,19-/m0/s1. The molecule has 1 saturated carbocycles. The van der Waals surface area contributed by atoms with Crippen LogP contribution in [0.4, 0.5) is 0 Å². The molecular weight excluding hydrogens is 258 g/mol. The van der Waals surface area contributed by atoms with Crippen LogP contribution in [0.1, 0.15) is 29.9 Å². The van der Waals surface area contributed by atoms with Crippen molar-refractivity contribution in [2.75, 3.05) is 6.61 Å². The van der Waals surface area contributed by atoms with Crippen LogP contribution in [0.3, 0.4) is 0 Å². The van der Waals surface area contributed by atoms with Crippen molar-refractivity contribution >= 4 is 0 Å². The Morgan fingerprint density at radius 2 is 1.57 bits per heavy atom. The number of hydrogen-bond donors (Lipinski definition) is 2. The lowest BCUT2D eigenvalue weighted by Gasteiger charge is -2.38. The first-order chi connectivity index (χ1) is 10.3. The molecule has 0 heterocycles. The molecule has 1 aliphatic carbocycles. The Morgan fingerprint density at radius 3 is 2.19 bits per heavy atom. The molecule has 110 valence electrons. The van der Waals surface area contributed by atoms with Crippen LogP contribution in [0.15, 0.2) is 60.7 Å². The summed E-state index contributed by atoms with van der Waals surface area (Å²) in [6.45, 7) is 0.196. The van der Waals surface area contributed by atoms with E-state index in [-0.39, 0.29) is 12.6 Å². The van der Waals surface area contributed by atoms with Crippen molar-refractivity contribution in [2.24, 2.45) is 0 Å². The molecule has 0 radical (unpaired) electrons. The molecule has 3 rings (SSSR count). The normalized spacial score (nSPS) is 22.5. The van der Waals surface area contributed by atoms with Gasteiger partial charge in [0.2, 0.25) is 0 Å². The van der Waals surface area contributed by atoms with Crippen LogP contribution in [-0.2, 0) is 6.42 Å². The number of nitrogens with one attached hydrogen (secondary N) is 1. The van der Waals surface area contributed by atoms with Gasteiger partial charge in [0.15, 0.2) is 0 Å². The molecule has 2 N–H and O–H groups in total. The van der Waals surface area contributed by atoms with Gasteiger partial charge >= 0.3 is 0 Å². The molecule has 0 saturated heterocycles. The lowest BCUT2D eigenvalue weighted by molar-refractivity contribution is 0.195. The quantitative estimate of drug-likeness (QED) is 0.852. The van der Waals surface area contributed by atoms with Gasteiger partial charge in [0.05, 0.1) is 6.61 Å². The molecule has 21 heavy (non-hydrogen) atoms. The van der Waals surface area contributed by atoms with E-state index in [0.717, 1.165) is 6.42 Å². The lowest BCUT2D eigenvalue weighted by Crippen LogP contribution is -2.47. The molecule has 0 bridgehead atoms. The third kappa shape index (κ3) is 3.72. The SMILES string of the molecule is OC[C@H](Cc1ccccc1)NC1CC(c2ccccc2)C1. The average Bonchev–Trinajstić information content (AvgIpc) is 2.51. The average molecular weight is 281 g/mol. The highest BCUT2D eigenvalue weighted by molar-refractivity contribution is 5.23. The summed E-state index contributed by atoms with van der Waals surface area (Å²) in [6.07, 6.45) is 3.24. The Bertz CT molecular complexity index is 534. The van der Waals surface area contributed by atoms with Gasteiger partial charge in [-0.1, -0.05) is 60.7 Å². The maximum Gasteiger partial charge on any atom is 0.0587 e. The molecule has 2 aromatic carbocycles. The number of aliphatic hydroxyl groups is 1. The van der Waals surface area contributed by atoms with Gasteiger partial charge in [0, 0.05) is 12.1 Å². The zero-order valence-corrected chi connectivity index (χ0v) is 12.3. The largest absolute Gasteiger partial charge is 0.395 e. The minimum Gasteiger partial charge on any atom is -0.395 e. The fourth-order valence-corrected chi connectivity index (χ4v) is 3.16. The number of benzene rings is 2. The van der Waals surface area contributed by atoms with Gasteiger partial charge in [-0.25, -0.2) is 0 Å². The maximum absolute atomic E-state index is 9.58. The molecule has 2 nitrogen and oxygen atoms in total. The minimum atomic E-state index is 0.161. The van der Waals surface area contributed by atoms with E-state index in [0.29, 0.717) is 12.0 Å². The van der Waals surface area contributed by atoms with E-state index in [1.807, 2.05) is 6.07 Å². The minimum absolute atomic E-state index is 0.161. The van der Waals surface area contributed by atoms with Crippen molar-refractivity contribution in [1.82, 2.24) is 5.32 Å². The van der Waals surface area contributed by atoms with Gasteiger partial charge in [-0.05, 0) is 36.3 Å². The van der Waals surface area contributed by atoms with Crippen LogP contribution in [0, 0.1) is 0 Å². The van der Waals surface area contributed by atoms with Gasteiger partial charge in [0.25, 0.3) is 0 Å². The fourth-order valence-electron chi connectivity index (χ4n) is 3.16. The molecule has 0 spiro atoms. The molecule has 1 atom stereocenters. The van der Waals surface area contributed by atoms with Crippen LogP contribution in [-0.4, -0.2) is 23.8 Å². The lowest BCUT2D eigenvalue weighted by atomic mass is 9.75. The maximum atomic E-state index is 9.58. The van der Waals surface area contributed by atoms with Crippen molar-refractivity contribution in [2.45, 2.75) is 37.3 Å². The van der Waals surface area contributed by atoms with Crippen LogP contribution < -0.4 is 5.32 Å². The van der Waals surface area contributed by atoms with Crippen molar-refractivity contribution in [3.8, 4) is 0 Å². The first-order valence-corrected chi connectivity index (χ1v) is 7.81. The van der Waals surface area contributed by atoms with Crippen LogP contribution in [0.25, 0.3) is 0 Å². The Labute approximate surface area is 126 Å². The summed E-state index contributed by atoms with van der Waals surface area (Å²) in [5.41, 5.74) is 2.72. The predicted octanol–water partition coefficient (Wildman–Crippen LogP) is 3.13. The number of rotatable bonds is 6. The molecule has 0 amide bonds. The summed E-state index contributed by atoms with van der Waals surface area (Å²) in [6, 6.07) is 21.8. The number of hydrogen-bond acceptors (Lipinski definition) is 2. The van der Waals surface area contributed by atoms with E-state index < -0.39 is 0 Å². The molecule has 0 aliphatic heterocycles. The Morgan fingerprint density at radius 1 is 0.952 bits per heavy atom. The Kier molecular flexibility index (Phi) is 4.69. The summed E-state index contributed by atoms with van der Waals surface area (Å²) in [5.74, 6) is 0.680. The first-order valence-electron chi connectivity index (χ1n) is 7.81. The zero-order valence-electron chi connectivity index (χ0n) is 12.3. The van der Waals surface area contributed by atoms with Crippen LogP contribution in [0.5, 0.6) is 0 Å². The van der Waals surface area contributed by atoms with Crippen LogP contribution in [0.2, 0.25) is 0 Å². The highest BCUT2D eigenvalue weighted by atomic mass is 16.3. The highest BCUT2D eigenvalue weighted by Gasteiger charge is 2.31. The summed E-state index contributed by atoms with van der Waals surface area (Å²) < 4.78 is 0. The Balaban J connectivity index is 1.48. The van der Waals surface area contributed by atoms with Crippen molar-refractivity contribution in [1.29, 1.82) is 0 Å². The van der Waals surface area contributed by atoms with Gasteiger partial charge in [0.1, 0.15) is 0 Å². The third-order valence-corrected chi connectivity index (χ3v) is 4.43. The smallest absolute Gasteiger partial charge is 0.0587 e. The first kappa shape index (κ1) is 14.3. The van der Waals surface area contributed by atoms with E-state index in [9.17, 15) is 5.11 Å². The molecule has 2 aromatic rings. The highest BCUT2D eigenvalue weighted by Crippen LogP contribution is 2.36. The summed E-state index contributed by atoms with van der Waals surface area (Å²) >= 11 is 0. The molecular formula is C19H23NO. The molecule has 1 aliphatic rings. The van der Waals surface area contributed by atoms with Crippen molar-refractivity contribution < 1.29 is 5.11 Å². The van der Waals surface area contributed by atoms with Crippen LogP contribution >= 0.6 is 0 Å². The predicted molar refractivity (Wildman–Crippen MR) is 86.4 cm³/mol. The van der Waals surface area contributed by atoms with Gasteiger partial charge in [-0.2, -0.15) is 0 Å². The molecule has 0 aromatic heterocycles. The second-order valence-electron chi connectivity index (χ2n) is 6.01. The third-order valence-electron chi connectivity index (χ3n) is 4.43. The summed E-state index contributed by atoms with van der Waals surface area (Å²) in [4.78, 5) is 0. The van der Waals surface area contributed by atoms with Crippen molar-refractivity contribution in [3.63, 3.8) is 0 Å². The zero-order chi connectivity index (χ0) is 14.5. The molecule has 1 fully saturated rings. The second kappa shape index (κ2) is 6.88. The van der Waals surface area contributed by atoms with Crippen molar-refractivity contribution in [3.05, 3.63) is 71.8 Å². The van der Waals surface area contributed by atoms with E-state index in [4.69, 9.17) is 0 Å². The van der Waals surface area contributed by atoms with E-state index in [1.165, 1.54) is 24.0 Å². The Hall–Kier alpha value is -1.64. The van der Waals surface area contributed by atoms with E-state index >= 15 is 0 Å². The van der Waals surface area contributed by atoms with Gasteiger partial charge in [-0.3, -0.25) is 0 Å². The number of aliphatic hydroxyl groups excluding tert-OH is 1. The molecule has 0 unspecified atom stereocenters. The van der Waals surface area contributed by atoms with E-state index in [2.05, 4.69) is 59.9 Å². The van der Waals surface area contributed by atoms with Gasteiger partial charge < -0.3 is 10.4 Å². The van der Waals surface area contributed by atoms with E-state index in [1.54, 1.807) is 0 Å². The topological polar surface area (TPSA) is 32.3 Å². The second-order valence-corrected chi connectivity index (χ2v) is 6.01.